The number of hydrogen-bond donors (Lipinski definition) is 0. The highest BCUT2D eigenvalue weighted by Crippen LogP contribution is 2.24. The highest BCUT2D eigenvalue weighted by atomic mass is 16.2. The van der Waals surface area contributed by atoms with Crippen LogP contribution in [-0.2, 0) is 4.79 Å². The van der Waals surface area contributed by atoms with Crippen molar-refractivity contribution in [3.05, 3.63) is 60.2 Å². The summed E-state index contributed by atoms with van der Waals surface area (Å²) in [5.74, 6) is 0.135. The fraction of sp³-hybridized carbons (Fsp3) is 0.333. The molecule has 1 saturated heterocycles. The molecule has 2 amide bonds. The number of carbonyl (C=O) groups is 2. The Labute approximate surface area is 149 Å². The van der Waals surface area contributed by atoms with Crippen LogP contribution in [0.15, 0.2) is 54.6 Å². The van der Waals surface area contributed by atoms with Crippen LogP contribution in [-0.4, -0.2) is 24.4 Å². The van der Waals surface area contributed by atoms with E-state index in [9.17, 15) is 9.59 Å². The number of rotatable bonds is 4. The minimum absolute atomic E-state index is 0.0299. The van der Waals surface area contributed by atoms with Crippen LogP contribution in [0.5, 0.6) is 0 Å². The zero-order valence-electron chi connectivity index (χ0n) is 14.8. The van der Waals surface area contributed by atoms with Crippen molar-refractivity contribution in [2.75, 3.05) is 16.3 Å². The molecule has 4 nitrogen and oxygen atoms in total. The normalized spacial score (nSPS) is 14.7. The first-order valence-corrected chi connectivity index (χ1v) is 8.87. The standard InChI is InChI=1S/C21H24N2O2/c1-16(2)23(19-8-4-3-5-9-19)21(25)17-11-13-18(14-12-17)22-15-7-6-10-20(22)24/h3-5,8-9,11-14,16H,6-7,10,15H2,1-2H3. The van der Waals surface area contributed by atoms with Crippen molar-refractivity contribution in [2.24, 2.45) is 0 Å². The molecule has 1 aliphatic heterocycles. The van der Waals surface area contributed by atoms with E-state index in [0.29, 0.717) is 12.0 Å². The third-order valence-corrected chi connectivity index (χ3v) is 4.52. The molecule has 0 bridgehead atoms. The van der Waals surface area contributed by atoms with Gasteiger partial charge in [-0.1, -0.05) is 18.2 Å². The predicted molar refractivity (Wildman–Crippen MR) is 101 cm³/mol. The van der Waals surface area contributed by atoms with Crippen LogP contribution in [0.2, 0.25) is 0 Å². The number of hydrogen-bond acceptors (Lipinski definition) is 2. The maximum absolute atomic E-state index is 13.0. The summed E-state index contributed by atoms with van der Waals surface area (Å²) in [6.07, 6.45) is 2.60. The Morgan fingerprint density at radius 1 is 1.00 bits per heavy atom. The van der Waals surface area contributed by atoms with E-state index in [1.807, 2.05) is 73.3 Å². The van der Waals surface area contributed by atoms with E-state index in [1.165, 1.54) is 0 Å². The third kappa shape index (κ3) is 3.73. The van der Waals surface area contributed by atoms with Crippen LogP contribution in [0.3, 0.4) is 0 Å². The smallest absolute Gasteiger partial charge is 0.258 e. The molecule has 1 heterocycles. The maximum atomic E-state index is 13.0. The fourth-order valence-corrected chi connectivity index (χ4v) is 3.24. The van der Waals surface area contributed by atoms with Crippen molar-refractivity contribution >= 4 is 23.2 Å². The summed E-state index contributed by atoms with van der Waals surface area (Å²) in [5.41, 5.74) is 2.39. The zero-order chi connectivity index (χ0) is 17.8. The molecule has 1 fully saturated rings. The summed E-state index contributed by atoms with van der Waals surface area (Å²) in [6, 6.07) is 17.1. The van der Waals surface area contributed by atoms with Crippen LogP contribution in [0.1, 0.15) is 43.5 Å². The van der Waals surface area contributed by atoms with E-state index in [4.69, 9.17) is 0 Å². The molecule has 0 unspecified atom stereocenters. The van der Waals surface area contributed by atoms with Gasteiger partial charge in [0.2, 0.25) is 5.91 Å². The molecule has 4 heteroatoms. The summed E-state index contributed by atoms with van der Waals surface area (Å²) < 4.78 is 0. The minimum Gasteiger partial charge on any atom is -0.312 e. The van der Waals surface area contributed by atoms with Gasteiger partial charge in [0.25, 0.3) is 5.91 Å². The molecule has 0 saturated carbocycles. The Balaban J connectivity index is 1.83. The second-order valence-corrected chi connectivity index (χ2v) is 6.65. The van der Waals surface area contributed by atoms with Crippen LogP contribution in [0, 0.1) is 0 Å². The first-order valence-electron chi connectivity index (χ1n) is 8.87. The van der Waals surface area contributed by atoms with Crippen molar-refractivity contribution in [3.63, 3.8) is 0 Å². The zero-order valence-corrected chi connectivity index (χ0v) is 14.8. The van der Waals surface area contributed by atoms with Gasteiger partial charge in [-0.05, 0) is 63.1 Å². The van der Waals surface area contributed by atoms with Crippen molar-refractivity contribution < 1.29 is 9.59 Å². The fourth-order valence-electron chi connectivity index (χ4n) is 3.24. The van der Waals surface area contributed by atoms with Crippen LogP contribution >= 0.6 is 0 Å². The first kappa shape index (κ1) is 17.2. The van der Waals surface area contributed by atoms with Gasteiger partial charge < -0.3 is 9.80 Å². The third-order valence-electron chi connectivity index (χ3n) is 4.52. The van der Waals surface area contributed by atoms with Gasteiger partial charge in [0.15, 0.2) is 0 Å². The molecule has 2 aromatic rings. The molecule has 0 spiro atoms. The van der Waals surface area contributed by atoms with E-state index in [1.54, 1.807) is 4.90 Å². The Morgan fingerprint density at radius 3 is 2.28 bits per heavy atom. The van der Waals surface area contributed by atoms with E-state index in [-0.39, 0.29) is 17.9 Å². The number of piperidine rings is 1. The summed E-state index contributed by atoms with van der Waals surface area (Å²) in [4.78, 5) is 28.6. The highest BCUT2D eigenvalue weighted by molar-refractivity contribution is 6.06. The van der Waals surface area contributed by atoms with Gasteiger partial charge in [-0.3, -0.25) is 9.59 Å². The van der Waals surface area contributed by atoms with E-state index in [0.717, 1.165) is 30.8 Å². The SMILES string of the molecule is CC(C)N(C(=O)c1ccc(N2CCCCC2=O)cc1)c1ccccc1. The lowest BCUT2D eigenvalue weighted by Crippen LogP contribution is -2.37. The molecule has 2 aromatic carbocycles. The molecule has 25 heavy (non-hydrogen) atoms. The van der Waals surface area contributed by atoms with Gasteiger partial charge in [0, 0.05) is 35.9 Å². The molecule has 0 aliphatic carbocycles. The van der Waals surface area contributed by atoms with Crippen LogP contribution in [0.25, 0.3) is 0 Å². The van der Waals surface area contributed by atoms with Gasteiger partial charge in [0.05, 0.1) is 0 Å². The van der Waals surface area contributed by atoms with Crippen LogP contribution in [0.4, 0.5) is 11.4 Å². The topological polar surface area (TPSA) is 40.6 Å². The largest absolute Gasteiger partial charge is 0.312 e. The molecule has 0 N–H and O–H groups in total. The molecule has 0 atom stereocenters. The van der Waals surface area contributed by atoms with Gasteiger partial charge >= 0.3 is 0 Å². The number of amides is 2. The second kappa shape index (κ2) is 7.51. The van der Waals surface area contributed by atoms with Crippen molar-refractivity contribution in [2.45, 2.75) is 39.2 Å². The maximum Gasteiger partial charge on any atom is 0.258 e. The number of nitrogens with zero attached hydrogens (tertiary/aromatic N) is 2. The summed E-state index contributed by atoms with van der Waals surface area (Å²) >= 11 is 0. The van der Waals surface area contributed by atoms with Crippen molar-refractivity contribution in [1.29, 1.82) is 0 Å². The Morgan fingerprint density at radius 2 is 1.68 bits per heavy atom. The van der Waals surface area contributed by atoms with E-state index in [2.05, 4.69) is 0 Å². The highest BCUT2D eigenvalue weighted by Gasteiger charge is 2.22. The summed E-state index contributed by atoms with van der Waals surface area (Å²) in [7, 11) is 0. The molecule has 3 rings (SSSR count). The predicted octanol–water partition coefficient (Wildman–Crippen LogP) is 4.26. The minimum atomic E-state index is -0.0299. The van der Waals surface area contributed by atoms with Crippen LogP contribution < -0.4 is 9.80 Å². The Bertz CT molecular complexity index is 738. The van der Waals surface area contributed by atoms with Gasteiger partial charge in [-0.15, -0.1) is 0 Å². The van der Waals surface area contributed by atoms with Crippen molar-refractivity contribution in [1.82, 2.24) is 0 Å². The lowest BCUT2D eigenvalue weighted by atomic mass is 10.1. The molecular formula is C21H24N2O2. The quantitative estimate of drug-likeness (QED) is 0.837. The average molecular weight is 336 g/mol. The molecular weight excluding hydrogens is 312 g/mol. The number of para-hydroxylation sites is 1. The average Bonchev–Trinajstić information content (AvgIpc) is 2.63. The van der Waals surface area contributed by atoms with Crippen molar-refractivity contribution in [3.8, 4) is 0 Å². The summed E-state index contributed by atoms with van der Waals surface area (Å²) in [6.45, 7) is 4.77. The molecule has 0 aromatic heterocycles. The van der Waals surface area contributed by atoms with Gasteiger partial charge in [0.1, 0.15) is 0 Å². The first-order chi connectivity index (χ1) is 12.1. The monoisotopic (exact) mass is 336 g/mol. The molecule has 0 radical (unpaired) electrons. The summed E-state index contributed by atoms with van der Waals surface area (Å²) in [5, 5.41) is 0. The van der Waals surface area contributed by atoms with Gasteiger partial charge in [-0.25, -0.2) is 0 Å². The van der Waals surface area contributed by atoms with E-state index < -0.39 is 0 Å². The molecule has 1 aliphatic rings. The molecule has 130 valence electrons. The van der Waals surface area contributed by atoms with E-state index >= 15 is 0 Å². The Kier molecular flexibility index (Phi) is 5.17. The lowest BCUT2D eigenvalue weighted by Gasteiger charge is -2.28. The second-order valence-electron chi connectivity index (χ2n) is 6.65. The lowest BCUT2D eigenvalue weighted by molar-refractivity contribution is -0.119. The Hall–Kier alpha value is -2.62. The number of anilines is 2. The van der Waals surface area contributed by atoms with Gasteiger partial charge in [-0.2, -0.15) is 0 Å². The number of carbonyl (C=O) groups excluding carboxylic acids is 2. The number of benzene rings is 2.